The lowest BCUT2D eigenvalue weighted by Gasteiger charge is -2.30. The molecule has 2 aromatic rings. The lowest BCUT2D eigenvalue weighted by Crippen LogP contribution is -2.47. The van der Waals surface area contributed by atoms with E-state index < -0.39 is 11.9 Å². The molecule has 1 fully saturated rings. The third-order valence-corrected chi connectivity index (χ3v) is 4.69. The first-order valence-corrected chi connectivity index (χ1v) is 8.55. The van der Waals surface area contributed by atoms with Gasteiger partial charge in [0.25, 0.3) is 0 Å². The Morgan fingerprint density at radius 1 is 1.40 bits per heavy atom. The van der Waals surface area contributed by atoms with Gasteiger partial charge >= 0.3 is 12.0 Å². The van der Waals surface area contributed by atoms with Gasteiger partial charge in [0.1, 0.15) is 5.82 Å². The van der Waals surface area contributed by atoms with E-state index in [1.54, 1.807) is 11.0 Å². The summed E-state index contributed by atoms with van der Waals surface area (Å²) in [5, 5.41) is 12.8. The van der Waals surface area contributed by atoms with E-state index in [1.807, 2.05) is 6.20 Å². The normalized spacial score (nSPS) is 17.6. The molecule has 3 rings (SSSR count). The Hall–Kier alpha value is -2.57. The fourth-order valence-corrected chi connectivity index (χ4v) is 3.31. The molecule has 1 atom stereocenters. The van der Waals surface area contributed by atoms with Gasteiger partial charge in [-0.25, -0.2) is 9.18 Å². The quantitative estimate of drug-likeness (QED) is 0.727. The highest BCUT2D eigenvalue weighted by molar-refractivity contribution is 5.83. The number of benzene rings is 1. The van der Waals surface area contributed by atoms with Crippen molar-refractivity contribution in [1.82, 2.24) is 15.2 Å². The summed E-state index contributed by atoms with van der Waals surface area (Å²) in [6.45, 7) is 1.36. The minimum atomic E-state index is -0.843. The molecule has 1 aliphatic heterocycles. The number of hydrogen-bond donors (Lipinski definition) is 3. The smallest absolute Gasteiger partial charge is 0.317 e. The summed E-state index contributed by atoms with van der Waals surface area (Å²) >= 11 is 0. The fourth-order valence-electron chi connectivity index (χ4n) is 3.31. The van der Waals surface area contributed by atoms with Gasteiger partial charge in [0.2, 0.25) is 0 Å². The molecular formula is C18H22FN3O3. The number of H-pyrrole nitrogens is 1. The lowest BCUT2D eigenvalue weighted by atomic mass is 9.99. The molecule has 0 bridgehead atoms. The number of aryl methyl sites for hydroxylation is 1. The predicted molar refractivity (Wildman–Crippen MR) is 91.9 cm³/mol. The molecule has 1 aromatic heterocycles. The van der Waals surface area contributed by atoms with E-state index in [0.717, 1.165) is 29.3 Å². The van der Waals surface area contributed by atoms with Crippen molar-refractivity contribution in [3.63, 3.8) is 0 Å². The number of aliphatic carboxylic acids is 1. The summed E-state index contributed by atoms with van der Waals surface area (Å²) in [4.78, 5) is 27.9. The monoisotopic (exact) mass is 347 g/mol. The average molecular weight is 347 g/mol. The first-order valence-electron chi connectivity index (χ1n) is 8.55. The first-order chi connectivity index (χ1) is 12.0. The van der Waals surface area contributed by atoms with Crippen LogP contribution in [-0.4, -0.2) is 46.6 Å². The summed E-state index contributed by atoms with van der Waals surface area (Å²) in [5.41, 5.74) is 1.92. The van der Waals surface area contributed by atoms with E-state index in [9.17, 15) is 14.0 Å². The van der Waals surface area contributed by atoms with Crippen LogP contribution >= 0.6 is 0 Å². The minimum absolute atomic E-state index is 0.212. The van der Waals surface area contributed by atoms with Gasteiger partial charge in [-0.1, -0.05) is 0 Å². The van der Waals surface area contributed by atoms with E-state index in [1.165, 1.54) is 12.1 Å². The number of piperidine rings is 1. The van der Waals surface area contributed by atoms with Crippen LogP contribution in [0.5, 0.6) is 0 Å². The van der Waals surface area contributed by atoms with Gasteiger partial charge in [-0.05, 0) is 49.4 Å². The van der Waals surface area contributed by atoms with E-state index >= 15 is 0 Å². The van der Waals surface area contributed by atoms with Crippen LogP contribution in [0.2, 0.25) is 0 Å². The van der Waals surface area contributed by atoms with Crippen LogP contribution in [0.1, 0.15) is 24.8 Å². The molecule has 2 amide bonds. The third kappa shape index (κ3) is 4.10. The first kappa shape index (κ1) is 17.3. The highest BCUT2D eigenvalue weighted by atomic mass is 19.1. The molecule has 3 N–H and O–H groups in total. The average Bonchev–Trinajstić information content (AvgIpc) is 3.00. The van der Waals surface area contributed by atoms with Crippen molar-refractivity contribution in [2.75, 3.05) is 19.6 Å². The van der Waals surface area contributed by atoms with E-state index in [-0.39, 0.29) is 18.4 Å². The molecule has 6 nitrogen and oxygen atoms in total. The largest absolute Gasteiger partial charge is 0.481 e. The molecule has 7 heteroatoms. The van der Waals surface area contributed by atoms with Gasteiger partial charge in [0, 0.05) is 36.7 Å². The van der Waals surface area contributed by atoms with Crippen LogP contribution in [0.3, 0.4) is 0 Å². The zero-order valence-corrected chi connectivity index (χ0v) is 13.9. The standard InChI is InChI=1S/C18H22FN3O3/c19-14-5-6-16-15(9-14)12(10-21-16)3-1-7-20-18(25)22-8-2-4-13(11-22)17(23)24/h5-6,9-10,13,21H,1-4,7-8,11H2,(H,20,25)(H,23,24). The number of carbonyl (C=O) groups is 2. The Bertz CT molecular complexity index is 774. The van der Waals surface area contributed by atoms with Gasteiger partial charge in [-0.15, -0.1) is 0 Å². The number of hydrogen-bond acceptors (Lipinski definition) is 2. The van der Waals surface area contributed by atoms with Gasteiger partial charge in [-0.2, -0.15) is 0 Å². The number of nitrogens with zero attached hydrogens (tertiary/aromatic N) is 1. The molecular weight excluding hydrogens is 325 g/mol. The van der Waals surface area contributed by atoms with Crippen molar-refractivity contribution >= 4 is 22.9 Å². The van der Waals surface area contributed by atoms with Crippen LogP contribution in [-0.2, 0) is 11.2 Å². The molecule has 1 unspecified atom stereocenters. The Morgan fingerprint density at radius 2 is 2.24 bits per heavy atom. The number of amides is 2. The maximum atomic E-state index is 13.4. The van der Waals surface area contributed by atoms with Crippen molar-refractivity contribution in [3.8, 4) is 0 Å². The zero-order chi connectivity index (χ0) is 17.8. The van der Waals surface area contributed by atoms with Crippen molar-refractivity contribution in [3.05, 3.63) is 35.8 Å². The lowest BCUT2D eigenvalue weighted by molar-refractivity contribution is -0.143. The van der Waals surface area contributed by atoms with E-state index in [4.69, 9.17) is 5.11 Å². The second-order valence-electron chi connectivity index (χ2n) is 6.46. The number of nitrogens with one attached hydrogen (secondary N) is 2. The summed E-state index contributed by atoms with van der Waals surface area (Å²) in [6.07, 6.45) is 4.66. The Morgan fingerprint density at radius 3 is 3.04 bits per heavy atom. The Labute approximate surface area is 145 Å². The van der Waals surface area contributed by atoms with Gasteiger partial charge in [-0.3, -0.25) is 4.79 Å². The zero-order valence-electron chi connectivity index (χ0n) is 13.9. The molecule has 1 aromatic carbocycles. The van der Waals surface area contributed by atoms with Gasteiger partial charge in [0.15, 0.2) is 0 Å². The summed E-state index contributed by atoms with van der Waals surface area (Å²) in [6, 6.07) is 4.44. The van der Waals surface area contributed by atoms with Crippen LogP contribution in [0.15, 0.2) is 24.4 Å². The number of carboxylic acids is 1. The molecule has 0 aliphatic carbocycles. The van der Waals surface area contributed by atoms with Gasteiger partial charge in [0.05, 0.1) is 5.92 Å². The van der Waals surface area contributed by atoms with Crippen molar-refractivity contribution in [2.24, 2.45) is 5.92 Å². The SMILES string of the molecule is O=C(O)C1CCCN(C(=O)NCCCc2c[nH]c3ccc(F)cc23)C1. The number of carbonyl (C=O) groups excluding carboxylic acids is 1. The van der Waals surface area contributed by atoms with Crippen LogP contribution < -0.4 is 5.32 Å². The number of fused-ring (bicyclic) bond motifs is 1. The minimum Gasteiger partial charge on any atom is -0.481 e. The molecule has 2 heterocycles. The number of urea groups is 1. The highest BCUT2D eigenvalue weighted by Crippen LogP contribution is 2.20. The van der Waals surface area contributed by atoms with Crippen molar-refractivity contribution < 1.29 is 19.1 Å². The fraction of sp³-hybridized carbons (Fsp3) is 0.444. The van der Waals surface area contributed by atoms with Crippen LogP contribution in [0.4, 0.5) is 9.18 Å². The number of rotatable bonds is 5. The topological polar surface area (TPSA) is 85.4 Å². The number of halogens is 1. The van der Waals surface area contributed by atoms with Crippen LogP contribution in [0.25, 0.3) is 10.9 Å². The second kappa shape index (κ2) is 7.55. The molecule has 1 saturated heterocycles. The number of aromatic nitrogens is 1. The third-order valence-electron chi connectivity index (χ3n) is 4.69. The van der Waals surface area contributed by atoms with Crippen molar-refractivity contribution in [1.29, 1.82) is 0 Å². The molecule has 25 heavy (non-hydrogen) atoms. The van der Waals surface area contributed by atoms with E-state index in [2.05, 4.69) is 10.3 Å². The molecule has 134 valence electrons. The van der Waals surface area contributed by atoms with E-state index in [0.29, 0.717) is 25.9 Å². The van der Waals surface area contributed by atoms with Crippen LogP contribution in [0, 0.1) is 11.7 Å². The Kier molecular flexibility index (Phi) is 5.21. The number of aromatic amines is 1. The molecule has 0 saturated carbocycles. The summed E-state index contributed by atoms with van der Waals surface area (Å²) in [5.74, 6) is -1.58. The number of carboxylic acid groups (broad SMARTS) is 1. The molecule has 1 aliphatic rings. The summed E-state index contributed by atoms with van der Waals surface area (Å²) < 4.78 is 13.4. The Balaban J connectivity index is 1.47. The molecule has 0 spiro atoms. The summed E-state index contributed by atoms with van der Waals surface area (Å²) in [7, 11) is 0. The molecule has 0 radical (unpaired) electrons. The maximum Gasteiger partial charge on any atom is 0.317 e. The second-order valence-corrected chi connectivity index (χ2v) is 6.46. The van der Waals surface area contributed by atoms with Crippen molar-refractivity contribution in [2.45, 2.75) is 25.7 Å². The maximum absolute atomic E-state index is 13.4. The highest BCUT2D eigenvalue weighted by Gasteiger charge is 2.27. The number of likely N-dealkylation sites (tertiary alicyclic amines) is 1. The van der Waals surface area contributed by atoms with Gasteiger partial charge < -0.3 is 20.3 Å². The predicted octanol–water partition coefficient (Wildman–Crippen LogP) is 2.75.